The van der Waals surface area contributed by atoms with Crippen molar-refractivity contribution in [2.45, 2.75) is 13.0 Å². The van der Waals surface area contributed by atoms with Crippen LogP contribution in [-0.4, -0.2) is 31.1 Å². The lowest BCUT2D eigenvalue weighted by Gasteiger charge is -2.13. The van der Waals surface area contributed by atoms with Crippen LogP contribution in [0.1, 0.15) is 17.3 Å². The Morgan fingerprint density at radius 3 is 2.47 bits per heavy atom. The molecule has 0 heterocycles. The number of para-hydroxylation sites is 1. The Morgan fingerprint density at radius 1 is 1.26 bits per heavy atom. The first-order valence-electron chi connectivity index (χ1n) is 5.53. The van der Waals surface area contributed by atoms with Crippen molar-refractivity contribution in [3.8, 4) is 0 Å². The van der Waals surface area contributed by atoms with Crippen LogP contribution in [0, 0.1) is 0 Å². The Labute approximate surface area is 110 Å². The quantitative estimate of drug-likeness (QED) is 0.536. The molecule has 0 spiro atoms. The Balaban J connectivity index is 2.64. The van der Waals surface area contributed by atoms with Crippen molar-refractivity contribution >= 4 is 23.6 Å². The summed E-state index contributed by atoms with van der Waals surface area (Å²) in [6.07, 6.45) is -1.11. The van der Waals surface area contributed by atoms with Crippen molar-refractivity contribution in [1.29, 1.82) is 0 Å². The molecule has 0 aromatic heterocycles. The van der Waals surface area contributed by atoms with E-state index in [9.17, 15) is 14.4 Å². The molecule has 4 N–H and O–H groups in total. The van der Waals surface area contributed by atoms with E-state index in [1.165, 1.54) is 20.0 Å². The second-order valence-corrected chi connectivity index (χ2v) is 3.70. The summed E-state index contributed by atoms with van der Waals surface area (Å²) in [6, 6.07) is 5.66. The van der Waals surface area contributed by atoms with E-state index in [1.807, 2.05) is 5.32 Å². The molecule has 0 aliphatic carbocycles. The Hall–Kier alpha value is -2.57. The third-order valence-electron chi connectivity index (χ3n) is 2.30. The van der Waals surface area contributed by atoms with Crippen LogP contribution in [0.25, 0.3) is 0 Å². The standard InChI is InChI=1S/C12H15N3O4/c1-7(10(16)15-12(18)14-2)19-11(17)8-5-3-4-6-9(8)13/h3-7H,13H2,1-2H3,(H2,14,15,16,18). The SMILES string of the molecule is CNC(=O)NC(=O)C(C)OC(=O)c1ccccc1N. The largest absolute Gasteiger partial charge is 0.449 e. The molecule has 7 nitrogen and oxygen atoms in total. The molecular weight excluding hydrogens is 250 g/mol. The van der Waals surface area contributed by atoms with Gasteiger partial charge in [-0.25, -0.2) is 9.59 Å². The van der Waals surface area contributed by atoms with E-state index >= 15 is 0 Å². The zero-order chi connectivity index (χ0) is 14.4. The minimum absolute atomic E-state index is 0.169. The van der Waals surface area contributed by atoms with Gasteiger partial charge in [0.1, 0.15) is 0 Å². The zero-order valence-corrected chi connectivity index (χ0v) is 10.6. The first kappa shape index (κ1) is 14.5. The van der Waals surface area contributed by atoms with Crippen LogP contribution in [-0.2, 0) is 9.53 Å². The van der Waals surface area contributed by atoms with Gasteiger partial charge in [-0.1, -0.05) is 12.1 Å². The lowest BCUT2D eigenvalue weighted by atomic mass is 10.2. The summed E-state index contributed by atoms with van der Waals surface area (Å²) in [5.41, 5.74) is 6.03. The molecule has 1 aromatic rings. The highest BCUT2D eigenvalue weighted by Crippen LogP contribution is 2.12. The van der Waals surface area contributed by atoms with Gasteiger partial charge in [0.15, 0.2) is 6.10 Å². The van der Waals surface area contributed by atoms with Crippen LogP contribution in [0.3, 0.4) is 0 Å². The highest BCUT2D eigenvalue weighted by Gasteiger charge is 2.21. The normalized spacial score (nSPS) is 11.3. The third kappa shape index (κ3) is 3.98. The van der Waals surface area contributed by atoms with E-state index in [-0.39, 0.29) is 11.3 Å². The predicted octanol–water partition coefficient (Wildman–Crippen LogP) is 0.270. The molecule has 0 aliphatic heterocycles. The molecule has 1 unspecified atom stereocenters. The molecule has 19 heavy (non-hydrogen) atoms. The fraction of sp³-hybridized carbons (Fsp3) is 0.250. The van der Waals surface area contributed by atoms with Gasteiger partial charge in [0.05, 0.1) is 5.56 Å². The number of carbonyl (C=O) groups excluding carboxylic acids is 3. The van der Waals surface area contributed by atoms with E-state index in [2.05, 4.69) is 5.32 Å². The molecule has 0 aliphatic rings. The number of nitrogens with one attached hydrogen (secondary N) is 2. The second-order valence-electron chi connectivity index (χ2n) is 3.70. The molecule has 0 fully saturated rings. The summed E-state index contributed by atoms with van der Waals surface area (Å²) in [5, 5.41) is 4.22. The molecule has 0 radical (unpaired) electrons. The van der Waals surface area contributed by atoms with Gasteiger partial charge >= 0.3 is 12.0 Å². The predicted molar refractivity (Wildman–Crippen MR) is 68.3 cm³/mol. The summed E-state index contributed by atoms with van der Waals surface area (Å²) in [7, 11) is 1.37. The number of esters is 1. The minimum atomic E-state index is -1.11. The Morgan fingerprint density at radius 2 is 1.89 bits per heavy atom. The minimum Gasteiger partial charge on any atom is -0.449 e. The fourth-order valence-corrected chi connectivity index (χ4v) is 1.24. The zero-order valence-electron chi connectivity index (χ0n) is 10.6. The lowest BCUT2D eigenvalue weighted by Crippen LogP contribution is -2.43. The summed E-state index contributed by atoms with van der Waals surface area (Å²) in [4.78, 5) is 34.2. The Kier molecular flexibility index (Phi) is 4.87. The van der Waals surface area contributed by atoms with Crippen LogP contribution >= 0.6 is 0 Å². The summed E-state index contributed by atoms with van der Waals surface area (Å²) in [5.74, 6) is -1.44. The number of hydrogen-bond acceptors (Lipinski definition) is 5. The number of anilines is 1. The molecule has 1 aromatic carbocycles. The summed E-state index contributed by atoms with van der Waals surface area (Å²) < 4.78 is 4.91. The monoisotopic (exact) mass is 265 g/mol. The van der Waals surface area contributed by atoms with Crippen molar-refractivity contribution in [3.63, 3.8) is 0 Å². The van der Waals surface area contributed by atoms with E-state index in [1.54, 1.807) is 18.2 Å². The third-order valence-corrected chi connectivity index (χ3v) is 2.30. The van der Waals surface area contributed by atoms with Gasteiger partial charge in [0.25, 0.3) is 5.91 Å². The number of carbonyl (C=O) groups is 3. The van der Waals surface area contributed by atoms with E-state index in [0.717, 1.165) is 0 Å². The summed E-state index contributed by atoms with van der Waals surface area (Å²) in [6.45, 7) is 1.36. The van der Waals surface area contributed by atoms with Crippen LogP contribution in [0.4, 0.5) is 10.5 Å². The topological polar surface area (TPSA) is 111 Å². The maximum absolute atomic E-state index is 11.8. The molecule has 0 bridgehead atoms. The maximum atomic E-state index is 11.8. The molecule has 0 saturated carbocycles. The van der Waals surface area contributed by atoms with Crippen LogP contribution in [0.15, 0.2) is 24.3 Å². The van der Waals surface area contributed by atoms with E-state index < -0.39 is 24.0 Å². The highest BCUT2D eigenvalue weighted by atomic mass is 16.5. The molecule has 1 atom stereocenters. The van der Waals surface area contributed by atoms with Gasteiger partial charge in [-0.2, -0.15) is 0 Å². The highest BCUT2D eigenvalue weighted by molar-refractivity contribution is 5.99. The number of nitrogens with two attached hydrogens (primary N) is 1. The van der Waals surface area contributed by atoms with Crippen LogP contribution in [0.2, 0.25) is 0 Å². The number of nitrogen functional groups attached to an aromatic ring is 1. The van der Waals surface area contributed by atoms with Crippen LogP contribution < -0.4 is 16.4 Å². The second kappa shape index (κ2) is 6.39. The van der Waals surface area contributed by atoms with Gasteiger partial charge in [-0.05, 0) is 19.1 Å². The van der Waals surface area contributed by atoms with Crippen molar-refractivity contribution < 1.29 is 19.1 Å². The number of imide groups is 1. The molecule has 102 valence electrons. The average molecular weight is 265 g/mol. The van der Waals surface area contributed by atoms with Crippen LogP contribution in [0.5, 0.6) is 0 Å². The number of benzene rings is 1. The van der Waals surface area contributed by atoms with Gasteiger partial charge in [0, 0.05) is 12.7 Å². The number of amides is 3. The van der Waals surface area contributed by atoms with Crippen molar-refractivity contribution in [2.75, 3.05) is 12.8 Å². The van der Waals surface area contributed by atoms with Crippen molar-refractivity contribution in [3.05, 3.63) is 29.8 Å². The van der Waals surface area contributed by atoms with E-state index in [4.69, 9.17) is 10.5 Å². The number of ether oxygens (including phenoxy) is 1. The van der Waals surface area contributed by atoms with Gasteiger partial charge in [-0.3, -0.25) is 10.1 Å². The van der Waals surface area contributed by atoms with Gasteiger partial charge in [-0.15, -0.1) is 0 Å². The van der Waals surface area contributed by atoms with Gasteiger partial charge < -0.3 is 15.8 Å². The van der Waals surface area contributed by atoms with Crippen molar-refractivity contribution in [2.24, 2.45) is 0 Å². The first-order valence-corrected chi connectivity index (χ1v) is 5.53. The molecule has 0 saturated heterocycles. The smallest absolute Gasteiger partial charge is 0.341 e. The lowest BCUT2D eigenvalue weighted by molar-refractivity contribution is -0.127. The first-order chi connectivity index (χ1) is 8.95. The Bertz CT molecular complexity index is 502. The fourth-order valence-electron chi connectivity index (χ4n) is 1.24. The molecular formula is C12H15N3O4. The van der Waals surface area contributed by atoms with Gasteiger partial charge in [0.2, 0.25) is 0 Å². The molecule has 3 amide bonds. The number of urea groups is 1. The average Bonchev–Trinajstić information content (AvgIpc) is 2.38. The summed E-state index contributed by atoms with van der Waals surface area (Å²) >= 11 is 0. The van der Waals surface area contributed by atoms with E-state index in [0.29, 0.717) is 0 Å². The molecule has 1 rings (SSSR count). The number of rotatable bonds is 3. The number of hydrogen-bond donors (Lipinski definition) is 3. The molecule has 7 heteroatoms. The van der Waals surface area contributed by atoms with Crippen molar-refractivity contribution in [1.82, 2.24) is 10.6 Å². The maximum Gasteiger partial charge on any atom is 0.341 e.